The molecule has 0 atom stereocenters. The Morgan fingerprint density at radius 2 is 1.71 bits per heavy atom. The summed E-state index contributed by atoms with van der Waals surface area (Å²) >= 11 is 0. The first kappa shape index (κ1) is 15.0. The number of aliphatic carboxylic acids is 2. The molecule has 0 aliphatic heterocycles. The highest BCUT2D eigenvalue weighted by Crippen LogP contribution is 2.07. The predicted molar refractivity (Wildman–Crippen MR) is 62.1 cm³/mol. The van der Waals surface area contributed by atoms with Crippen LogP contribution >= 0.6 is 0 Å². The molecule has 1 aromatic rings. The quantitative estimate of drug-likeness (QED) is 0.822. The van der Waals surface area contributed by atoms with Crippen molar-refractivity contribution in [3.63, 3.8) is 0 Å². The van der Waals surface area contributed by atoms with Gasteiger partial charge in [-0.05, 0) is 18.6 Å². The van der Waals surface area contributed by atoms with Crippen molar-refractivity contribution < 1.29 is 24.5 Å². The fourth-order valence-electron chi connectivity index (χ4n) is 0.876. The maximum atomic E-state index is 10.0. The normalized spacial score (nSPS) is 8.76. The van der Waals surface area contributed by atoms with E-state index in [9.17, 15) is 9.59 Å². The number of hydrogen-bond donors (Lipinski definition) is 2. The van der Waals surface area contributed by atoms with Gasteiger partial charge in [-0.15, -0.1) is 0 Å². The highest BCUT2D eigenvalue weighted by Gasteiger charge is 1.96. The Morgan fingerprint density at radius 1 is 1.12 bits per heavy atom. The van der Waals surface area contributed by atoms with Crippen molar-refractivity contribution in [1.82, 2.24) is 0 Å². The molecule has 2 N–H and O–H groups in total. The molecule has 0 amide bonds. The van der Waals surface area contributed by atoms with Crippen molar-refractivity contribution in [3.8, 4) is 5.75 Å². The van der Waals surface area contributed by atoms with Crippen molar-refractivity contribution >= 4 is 11.9 Å². The van der Waals surface area contributed by atoms with Crippen LogP contribution in [-0.2, 0) is 9.59 Å². The Balaban J connectivity index is 0.000000366. The lowest BCUT2D eigenvalue weighted by atomic mass is 10.3. The molecule has 17 heavy (non-hydrogen) atoms. The minimum Gasteiger partial charge on any atom is -0.482 e. The van der Waals surface area contributed by atoms with E-state index in [1.54, 1.807) is 24.3 Å². The lowest BCUT2D eigenvalue weighted by Gasteiger charge is -2.00. The zero-order valence-electron chi connectivity index (χ0n) is 9.63. The van der Waals surface area contributed by atoms with E-state index >= 15 is 0 Å². The Hall–Kier alpha value is -2.04. The number of carboxylic acid groups (broad SMARTS) is 2. The van der Waals surface area contributed by atoms with Gasteiger partial charge in [0.15, 0.2) is 6.61 Å². The van der Waals surface area contributed by atoms with Crippen LogP contribution in [0.25, 0.3) is 0 Å². The van der Waals surface area contributed by atoms with Crippen LogP contribution in [0.5, 0.6) is 5.75 Å². The van der Waals surface area contributed by atoms with Crippen LogP contribution in [0.3, 0.4) is 0 Å². The molecule has 0 bridgehead atoms. The fourth-order valence-corrected chi connectivity index (χ4v) is 0.876. The van der Waals surface area contributed by atoms with Crippen LogP contribution in [0.15, 0.2) is 30.3 Å². The van der Waals surface area contributed by atoms with E-state index in [1.807, 2.05) is 13.0 Å². The average Bonchev–Trinajstić information content (AvgIpc) is 2.28. The summed E-state index contributed by atoms with van der Waals surface area (Å²) in [6, 6.07) is 8.84. The lowest BCUT2D eigenvalue weighted by molar-refractivity contribution is -0.139. The number of hydrogen-bond acceptors (Lipinski definition) is 3. The van der Waals surface area contributed by atoms with Crippen molar-refractivity contribution in [2.24, 2.45) is 0 Å². The molecule has 0 saturated carbocycles. The Bertz CT molecular complexity index is 334. The highest BCUT2D eigenvalue weighted by molar-refractivity contribution is 5.68. The fraction of sp³-hybridized carbons (Fsp3) is 0.333. The van der Waals surface area contributed by atoms with Crippen molar-refractivity contribution in [3.05, 3.63) is 30.3 Å². The van der Waals surface area contributed by atoms with Gasteiger partial charge < -0.3 is 14.9 Å². The van der Waals surface area contributed by atoms with E-state index < -0.39 is 11.9 Å². The van der Waals surface area contributed by atoms with Gasteiger partial charge >= 0.3 is 11.9 Å². The maximum Gasteiger partial charge on any atom is 0.341 e. The minimum atomic E-state index is -0.964. The number of rotatable bonds is 5. The summed E-state index contributed by atoms with van der Waals surface area (Å²) in [6.07, 6.45) is 1.02. The van der Waals surface area contributed by atoms with E-state index in [0.29, 0.717) is 12.2 Å². The molecule has 0 aromatic heterocycles. The number of carboxylic acids is 2. The molecule has 1 rings (SSSR count). The molecule has 0 unspecified atom stereocenters. The van der Waals surface area contributed by atoms with Gasteiger partial charge in [0, 0.05) is 6.42 Å². The van der Waals surface area contributed by atoms with E-state index in [0.717, 1.165) is 6.42 Å². The topological polar surface area (TPSA) is 83.8 Å². The molecule has 0 aliphatic rings. The van der Waals surface area contributed by atoms with Gasteiger partial charge in [0.1, 0.15) is 5.75 Å². The average molecular weight is 240 g/mol. The SMILES string of the molecule is CCCC(=O)O.O=C(O)COc1ccccc1. The van der Waals surface area contributed by atoms with Crippen LogP contribution in [0, 0.1) is 0 Å². The van der Waals surface area contributed by atoms with Crippen molar-refractivity contribution in [1.29, 1.82) is 0 Å². The summed E-state index contributed by atoms with van der Waals surface area (Å²) in [7, 11) is 0. The van der Waals surface area contributed by atoms with Crippen LogP contribution in [-0.4, -0.2) is 28.8 Å². The van der Waals surface area contributed by atoms with Gasteiger partial charge in [0.25, 0.3) is 0 Å². The Morgan fingerprint density at radius 3 is 2.06 bits per heavy atom. The second kappa shape index (κ2) is 9.21. The third-order valence-electron chi connectivity index (χ3n) is 1.57. The summed E-state index contributed by atoms with van der Waals surface area (Å²) in [5.74, 6) is -1.10. The van der Waals surface area contributed by atoms with Crippen LogP contribution < -0.4 is 4.74 Å². The predicted octanol–water partition coefficient (Wildman–Crippen LogP) is 2.02. The summed E-state index contributed by atoms with van der Waals surface area (Å²) in [4.78, 5) is 19.6. The van der Waals surface area contributed by atoms with E-state index in [4.69, 9.17) is 14.9 Å². The largest absolute Gasteiger partial charge is 0.482 e. The van der Waals surface area contributed by atoms with Gasteiger partial charge in [0.05, 0.1) is 0 Å². The molecule has 0 heterocycles. The molecule has 0 fully saturated rings. The van der Waals surface area contributed by atoms with Crippen LogP contribution in [0.1, 0.15) is 19.8 Å². The first-order chi connectivity index (χ1) is 8.06. The van der Waals surface area contributed by atoms with Crippen molar-refractivity contribution in [2.75, 3.05) is 6.61 Å². The van der Waals surface area contributed by atoms with Gasteiger partial charge in [-0.25, -0.2) is 4.79 Å². The van der Waals surface area contributed by atoms with Crippen LogP contribution in [0.2, 0.25) is 0 Å². The number of carbonyl (C=O) groups is 2. The van der Waals surface area contributed by atoms with Gasteiger partial charge in [-0.2, -0.15) is 0 Å². The number of benzene rings is 1. The molecule has 0 aliphatic carbocycles. The lowest BCUT2D eigenvalue weighted by Crippen LogP contribution is -2.09. The Labute approximate surface area is 99.7 Å². The smallest absolute Gasteiger partial charge is 0.341 e. The number of ether oxygens (including phenoxy) is 1. The summed E-state index contributed by atoms with van der Waals surface area (Å²) < 4.78 is 4.87. The molecular formula is C12H16O5. The van der Waals surface area contributed by atoms with E-state index in [1.165, 1.54) is 0 Å². The van der Waals surface area contributed by atoms with Crippen molar-refractivity contribution in [2.45, 2.75) is 19.8 Å². The molecule has 1 aromatic carbocycles. The molecule has 0 radical (unpaired) electrons. The van der Waals surface area contributed by atoms with E-state index in [2.05, 4.69) is 0 Å². The summed E-state index contributed by atoms with van der Waals surface area (Å²) in [5.41, 5.74) is 0. The monoisotopic (exact) mass is 240 g/mol. The van der Waals surface area contributed by atoms with E-state index in [-0.39, 0.29) is 6.61 Å². The second-order valence-corrected chi connectivity index (χ2v) is 3.14. The van der Waals surface area contributed by atoms with Gasteiger partial charge in [0.2, 0.25) is 0 Å². The van der Waals surface area contributed by atoms with Crippen LogP contribution in [0.4, 0.5) is 0 Å². The highest BCUT2D eigenvalue weighted by atomic mass is 16.5. The third-order valence-corrected chi connectivity index (χ3v) is 1.57. The summed E-state index contributed by atoms with van der Waals surface area (Å²) in [5, 5.41) is 16.2. The third kappa shape index (κ3) is 10.2. The Kier molecular flexibility index (Phi) is 8.10. The second-order valence-electron chi connectivity index (χ2n) is 3.14. The zero-order chi connectivity index (χ0) is 13.1. The van der Waals surface area contributed by atoms with Gasteiger partial charge in [-0.1, -0.05) is 25.1 Å². The molecule has 5 heteroatoms. The first-order valence-corrected chi connectivity index (χ1v) is 5.17. The number of para-hydroxylation sites is 1. The standard InChI is InChI=1S/C8H8O3.C4H8O2/c9-8(10)6-11-7-4-2-1-3-5-7;1-2-3-4(5)6/h1-5H,6H2,(H,9,10);2-3H2,1H3,(H,5,6). The summed E-state index contributed by atoms with van der Waals surface area (Å²) in [6.45, 7) is 1.55. The molecular weight excluding hydrogens is 224 g/mol. The molecule has 5 nitrogen and oxygen atoms in total. The molecule has 0 spiro atoms. The first-order valence-electron chi connectivity index (χ1n) is 5.17. The molecule has 0 saturated heterocycles. The minimum absolute atomic E-state index is 0.288. The maximum absolute atomic E-state index is 10.0. The molecule has 94 valence electrons. The zero-order valence-corrected chi connectivity index (χ0v) is 9.63. The van der Waals surface area contributed by atoms with Gasteiger partial charge in [-0.3, -0.25) is 4.79 Å².